The van der Waals surface area contributed by atoms with Crippen molar-refractivity contribution in [1.29, 1.82) is 0 Å². The Hall–Kier alpha value is -2.02. The highest BCUT2D eigenvalue weighted by molar-refractivity contribution is 7.09. The average Bonchev–Trinajstić information content (AvgIpc) is 3.41. The maximum Gasteiger partial charge on any atom is 0.246 e. The molecule has 1 fully saturated rings. The molecule has 1 aromatic heterocycles. The van der Waals surface area contributed by atoms with Crippen LogP contribution in [0.2, 0.25) is 5.02 Å². The fourth-order valence-corrected chi connectivity index (χ4v) is 4.30. The van der Waals surface area contributed by atoms with Crippen molar-refractivity contribution in [1.82, 2.24) is 4.90 Å². The number of hydrogen-bond donors (Lipinski definition) is 0. The van der Waals surface area contributed by atoms with Crippen LogP contribution >= 0.6 is 22.9 Å². The largest absolute Gasteiger partial charge is 0.493 e. The van der Waals surface area contributed by atoms with Gasteiger partial charge in [0.2, 0.25) is 5.91 Å². The predicted octanol–water partition coefficient (Wildman–Crippen LogP) is 5.42. The predicted molar refractivity (Wildman–Crippen MR) is 122 cm³/mol. The summed E-state index contributed by atoms with van der Waals surface area (Å²) in [5.74, 6) is 0.991. The van der Waals surface area contributed by atoms with Crippen molar-refractivity contribution in [3.05, 3.63) is 51.2 Å². The van der Waals surface area contributed by atoms with E-state index in [9.17, 15) is 4.79 Å². The number of carbonyl (C=O) groups is 1. The normalized spacial score (nSPS) is 16.4. The van der Waals surface area contributed by atoms with Crippen LogP contribution in [0.15, 0.2) is 35.7 Å². The number of methoxy groups -OCH3 is 1. The van der Waals surface area contributed by atoms with Crippen molar-refractivity contribution in [2.75, 3.05) is 20.3 Å². The third-order valence-corrected chi connectivity index (χ3v) is 5.85. The van der Waals surface area contributed by atoms with Crippen LogP contribution in [0.4, 0.5) is 0 Å². The Morgan fingerprint density at radius 1 is 1.43 bits per heavy atom. The van der Waals surface area contributed by atoms with E-state index in [-0.39, 0.29) is 18.1 Å². The molecule has 2 heterocycles. The van der Waals surface area contributed by atoms with Crippen molar-refractivity contribution in [3.63, 3.8) is 0 Å². The zero-order valence-corrected chi connectivity index (χ0v) is 19.2. The summed E-state index contributed by atoms with van der Waals surface area (Å²) in [6.45, 7) is 5.79. The number of benzene rings is 1. The van der Waals surface area contributed by atoms with Crippen molar-refractivity contribution < 1.29 is 19.0 Å². The van der Waals surface area contributed by atoms with Crippen LogP contribution in [0, 0.1) is 0 Å². The van der Waals surface area contributed by atoms with Gasteiger partial charge in [-0.15, -0.1) is 11.3 Å². The number of halogens is 1. The van der Waals surface area contributed by atoms with Crippen molar-refractivity contribution >= 4 is 34.9 Å². The van der Waals surface area contributed by atoms with Gasteiger partial charge < -0.3 is 19.1 Å². The third-order valence-electron chi connectivity index (χ3n) is 4.71. The molecule has 0 radical (unpaired) electrons. The summed E-state index contributed by atoms with van der Waals surface area (Å²) in [5.41, 5.74) is 0.773. The Morgan fingerprint density at radius 2 is 2.27 bits per heavy atom. The molecule has 1 atom stereocenters. The van der Waals surface area contributed by atoms with Gasteiger partial charge in [0.15, 0.2) is 11.5 Å². The van der Waals surface area contributed by atoms with E-state index in [1.54, 1.807) is 36.7 Å². The highest BCUT2D eigenvalue weighted by atomic mass is 35.5. The molecule has 3 rings (SSSR count). The van der Waals surface area contributed by atoms with E-state index < -0.39 is 0 Å². The number of ether oxygens (including phenoxy) is 3. The molecule has 0 saturated carbocycles. The standard InChI is InChI=1S/C23H28ClNO4S/c1-16(2)29-23-20(24)12-17(13-21(23)27-3)8-9-22(26)25(14-18-6-4-10-28-18)15-19-7-5-11-30-19/h5,7-9,11-13,16,18H,4,6,10,14-15H2,1-3H3/b9-8+. The van der Waals surface area contributed by atoms with Crippen molar-refractivity contribution in [2.45, 2.75) is 45.4 Å². The highest BCUT2D eigenvalue weighted by Gasteiger charge is 2.22. The van der Waals surface area contributed by atoms with E-state index in [2.05, 4.69) is 0 Å². The number of carbonyl (C=O) groups excluding carboxylic acids is 1. The first kappa shape index (κ1) is 22.7. The molecular formula is C23H28ClNO4S. The molecule has 1 saturated heterocycles. The third kappa shape index (κ3) is 6.24. The van der Waals surface area contributed by atoms with Crippen LogP contribution in [0.25, 0.3) is 6.08 Å². The molecule has 30 heavy (non-hydrogen) atoms. The molecule has 1 aromatic carbocycles. The van der Waals surface area contributed by atoms with E-state index >= 15 is 0 Å². The lowest BCUT2D eigenvalue weighted by Crippen LogP contribution is -2.35. The number of amides is 1. The molecule has 1 amide bonds. The fourth-order valence-electron chi connectivity index (χ4n) is 3.32. The minimum Gasteiger partial charge on any atom is -0.493 e. The van der Waals surface area contributed by atoms with Crippen LogP contribution < -0.4 is 9.47 Å². The molecule has 7 heteroatoms. The monoisotopic (exact) mass is 449 g/mol. The van der Waals surface area contributed by atoms with Gasteiger partial charge in [-0.25, -0.2) is 0 Å². The number of hydrogen-bond acceptors (Lipinski definition) is 5. The van der Waals surface area contributed by atoms with Crippen LogP contribution in [-0.4, -0.2) is 43.3 Å². The van der Waals surface area contributed by atoms with Gasteiger partial charge in [0.25, 0.3) is 0 Å². The summed E-state index contributed by atoms with van der Waals surface area (Å²) in [5, 5.41) is 2.47. The summed E-state index contributed by atoms with van der Waals surface area (Å²) in [7, 11) is 1.57. The summed E-state index contributed by atoms with van der Waals surface area (Å²) >= 11 is 8.04. The molecular weight excluding hydrogens is 422 g/mol. The van der Waals surface area contributed by atoms with Crippen LogP contribution in [0.1, 0.15) is 37.1 Å². The number of thiophene rings is 1. The quantitative estimate of drug-likeness (QED) is 0.479. The van der Waals surface area contributed by atoms with Crippen molar-refractivity contribution in [3.8, 4) is 11.5 Å². The summed E-state index contributed by atoms with van der Waals surface area (Å²) in [6, 6.07) is 7.63. The zero-order chi connectivity index (χ0) is 21.5. The average molecular weight is 450 g/mol. The molecule has 0 aliphatic carbocycles. The summed E-state index contributed by atoms with van der Waals surface area (Å²) < 4.78 is 16.9. The maximum atomic E-state index is 13.0. The molecule has 0 bridgehead atoms. The first-order valence-corrected chi connectivity index (χ1v) is 11.4. The second-order valence-corrected chi connectivity index (χ2v) is 8.91. The first-order chi connectivity index (χ1) is 14.5. The van der Waals surface area contributed by atoms with Gasteiger partial charge in [-0.2, -0.15) is 0 Å². The van der Waals surface area contributed by atoms with Gasteiger partial charge in [-0.1, -0.05) is 17.7 Å². The Balaban J connectivity index is 1.75. The van der Waals surface area contributed by atoms with Gasteiger partial charge in [0.05, 0.1) is 30.9 Å². The minimum absolute atomic E-state index is 0.0250. The maximum absolute atomic E-state index is 13.0. The lowest BCUT2D eigenvalue weighted by Gasteiger charge is -2.24. The SMILES string of the molecule is COc1cc(/C=C/C(=O)N(Cc2cccs2)CC2CCCO2)cc(Cl)c1OC(C)C. The molecule has 1 aliphatic rings. The Bertz CT molecular complexity index is 860. The molecule has 1 aliphatic heterocycles. The Morgan fingerprint density at radius 3 is 2.90 bits per heavy atom. The second-order valence-electron chi connectivity index (χ2n) is 7.47. The second kappa shape index (κ2) is 10.8. The molecule has 1 unspecified atom stereocenters. The molecule has 0 spiro atoms. The van der Waals surface area contributed by atoms with E-state index in [0.717, 1.165) is 29.9 Å². The van der Waals surface area contributed by atoms with E-state index in [1.807, 2.05) is 42.3 Å². The Labute approximate surface area is 187 Å². The van der Waals surface area contributed by atoms with Gasteiger partial charge in [-0.05, 0) is 61.9 Å². The van der Waals surface area contributed by atoms with E-state index in [1.165, 1.54) is 0 Å². The molecule has 0 N–H and O–H groups in total. The Kier molecular flexibility index (Phi) is 8.19. The molecule has 5 nitrogen and oxygen atoms in total. The minimum atomic E-state index is -0.0588. The summed E-state index contributed by atoms with van der Waals surface area (Å²) in [6.07, 6.45) is 5.45. The topological polar surface area (TPSA) is 48.0 Å². The van der Waals surface area contributed by atoms with Crippen molar-refractivity contribution in [2.24, 2.45) is 0 Å². The fraction of sp³-hybridized carbons (Fsp3) is 0.435. The van der Waals surface area contributed by atoms with E-state index in [4.69, 9.17) is 25.8 Å². The van der Waals surface area contributed by atoms with Crippen LogP contribution in [0.5, 0.6) is 11.5 Å². The van der Waals surface area contributed by atoms with Gasteiger partial charge in [-0.3, -0.25) is 4.79 Å². The smallest absolute Gasteiger partial charge is 0.246 e. The van der Waals surface area contributed by atoms with Crippen LogP contribution in [0.3, 0.4) is 0 Å². The lowest BCUT2D eigenvalue weighted by molar-refractivity contribution is -0.128. The first-order valence-electron chi connectivity index (χ1n) is 10.1. The zero-order valence-electron chi connectivity index (χ0n) is 17.6. The lowest BCUT2D eigenvalue weighted by atomic mass is 10.1. The summed E-state index contributed by atoms with van der Waals surface area (Å²) in [4.78, 5) is 16.0. The number of rotatable bonds is 9. The van der Waals surface area contributed by atoms with Gasteiger partial charge in [0.1, 0.15) is 0 Å². The number of nitrogens with zero attached hydrogens (tertiary/aromatic N) is 1. The van der Waals surface area contributed by atoms with Gasteiger partial charge >= 0.3 is 0 Å². The van der Waals surface area contributed by atoms with Crippen LogP contribution in [-0.2, 0) is 16.1 Å². The highest BCUT2D eigenvalue weighted by Crippen LogP contribution is 2.37. The molecule has 2 aromatic rings. The molecule has 162 valence electrons. The van der Waals surface area contributed by atoms with E-state index in [0.29, 0.717) is 29.6 Å². The van der Waals surface area contributed by atoms with Gasteiger partial charge in [0, 0.05) is 24.1 Å².